The van der Waals surface area contributed by atoms with Gasteiger partial charge in [0.25, 0.3) is 0 Å². The van der Waals surface area contributed by atoms with Crippen molar-refractivity contribution in [1.29, 1.82) is 5.26 Å². The van der Waals surface area contributed by atoms with Crippen LogP contribution in [0.5, 0.6) is 0 Å². The fourth-order valence-electron chi connectivity index (χ4n) is 5.16. The van der Waals surface area contributed by atoms with Gasteiger partial charge in [0.2, 0.25) is 0 Å². The number of nitrogens with zero attached hydrogens (tertiary/aromatic N) is 1. The van der Waals surface area contributed by atoms with Crippen LogP contribution in [0.25, 0.3) is 0 Å². The van der Waals surface area contributed by atoms with Gasteiger partial charge in [-0.1, -0.05) is 39.8 Å². The number of carboxylic acids is 1. The summed E-state index contributed by atoms with van der Waals surface area (Å²) in [4.78, 5) is 36.4. The van der Waals surface area contributed by atoms with Crippen LogP contribution in [0.3, 0.4) is 0 Å². The predicted molar refractivity (Wildman–Crippen MR) is 90.2 cm³/mol. The van der Waals surface area contributed by atoms with Crippen LogP contribution in [0, 0.1) is 33.5 Å². The quantitative estimate of drug-likeness (QED) is 0.741. The molecule has 0 radical (unpaired) electrons. The second kappa shape index (κ2) is 5.01. The first-order chi connectivity index (χ1) is 11.5. The largest absolute Gasteiger partial charge is 0.478 e. The molecule has 130 valence electrons. The van der Waals surface area contributed by atoms with Gasteiger partial charge in [0, 0.05) is 16.2 Å². The van der Waals surface area contributed by atoms with Gasteiger partial charge >= 0.3 is 5.97 Å². The standard InChI is InChI=1S/C20H21NO4/c1-18(2)14-5-6-19(3)9-12(17(24)25)13(22)7-15(19)20(14,4)8-11(10-21)16(18)23/h7-9,14H,5-6H2,1-4H3,(H,24,25)/t14-,19-,20-/m0/s1. The van der Waals surface area contributed by atoms with Crippen LogP contribution in [0.2, 0.25) is 0 Å². The van der Waals surface area contributed by atoms with Gasteiger partial charge in [0.1, 0.15) is 11.6 Å². The lowest BCUT2D eigenvalue weighted by Gasteiger charge is -2.57. The average Bonchev–Trinajstić information content (AvgIpc) is 2.52. The molecular formula is C20H21NO4. The van der Waals surface area contributed by atoms with Gasteiger partial charge in [-0.15, -0.1) is 0 Å². The minimum atomic E-state index is -1.22. The molecule has 0 unspecified atom stereocenters. The number of aliphatic carboxylic acids is 1. The lowest BCUT2D eigenvalue weighted by atomic mass is 9.45. The van der Waals surface area contributed by atoms with Crippen molar-refractivity contribution in [3.8, 4) is 6.07 Å². The van der Waals surface area contributed by atoms with Crippen LogP contribution in [0.15, 0.2) is 34.9 Å². The number of rotatable bonds is 1. The Hall–Kier alpha value is -2.48. The molecule has 0 bridgehead atoms. The molecule has 1 fully saturated rings. The molecule has 0 aliphatic heterocycles. The molecule has 0 aromatic carbocycles. The SMILES string of the molecule is CC1(C)C(=O)C(C#N)=C[C@]2(C)C3=CC(=O)C(C(=O)O)=C[C@]3(C)CC[C@@H]12. The summed E-state index contributed by atoms with van der Waals surface area (Å²) in [5, 5.41) is 18.7. The highest BCUT2D eigenvalue weighted by atomic mass is 16.4. The molecule has 3 atom stereocenters. The maximum absolute atomic E-state index is 12.7. The fraction of sp³-hybridized carbons (Fsp3) is 0.500. The van der Waals surface area contributed by atoms with Crippen molar-refractivity contribution in [1.82, 2.24) is 0 Å². The van der Waals surface area contributed by atoms with E-state index in [1.54, 1.807) is 12.2 Å². The van der Waals surface area contributed by atoms with E-state index in [0.29, 0.717) is 6.42 Å². The highest BCUT2D eigenvalue weighted by Crippen LogP contribution is 2.63. The summed E-state index contributed by atoms with van der Waals surface area (Å²) >= 11 is 0. The maximum Gasteiger partial charge on any atom is 0.339 e. The molecule has 0 saturated heterocycles. The smallest absolute Gasteiger partial charge is 0.339 e. The van der Waals surface area contributed by atoms with Gasteiger partial charge in [-0.3, -0.25) is 9.59 Å². The highest BCUT2D eigenvalue weighted by molar-refractivity contribution is 6.22. The molecule has 3 aliphatic carbocycles. The zero-order valence-corrected chi connectivity index (χ0v) is 14.8. The number of hydrogen-bond donors (Lipinski definition) is 1. The van der Waals surface area contributed by atoms with E-state index >= 15 is 0 Å². The molecule has 1 saturated carbocycles. The summed E-state index contributed by atoms with van der Waals surface area (Å²) in [6, 6.07) is 2.00. The third kappa shape index (κ3) is 2.17. The molecule has 0 aromatic heterocycles. The number of carbonyl (C=O) groups is 3. The Balaban J connectivity index is 2.24. The highest BCUT2D eigenvalue weighted by Gasteiger charge is 2.58. The van der Waals surface area contributed by atoms with Gasteiger partial charge in [-0.25, -0.2) is 4.79 Å². The first-order valence-corrected chi connectivity index (χ1v) is 8.38. The Kier molecular flexibility index (Phi) is 3.48. The summed E-state index contributed by atoms with van der Waals surface area (Å²) in [6.07, 6.45) is 6.05. The molecule has 0 spiro atoms. The summed E-state index contributed by atoms with van der Waals surface area (Å²) in [5.74, 6) is -1.95. The third-order valence-corrected chi connectivity index (χ3v) is 6.37. The Morgan fingerprint density at radius 1 is 1.24 bits per heavy atom. The van der Waals surface area contributed by atoms with Crippen molar-refractivity contribution in [2.75, 3.05) is 0 Å². The monoisotopic (exact) mass is 339 g/mol. The number of Topliss-reactive ketones (excluding diaryl/α,β-unsaturated/α-hetero) is 1. The van der Waals surface area contributed by atoms with E-state index in [0.717, 1.165) is 12.0 Å². The van der Waals surface area contributed by atoms with E-state index in [1.165, 1.54) is 6.08 Å². The molecule has 3 aliphatic rings. The van der Waals surface area contributed by atoms with Crippen molar-refractivity contribution in [3.05, 3.63) is 34.9 Å². The maximum atomic E-state index is 12.7. The zero-order chi connectivity index (χ0) is 18.8. The molecular weight excluding hydrogens is 318 g/mol. The van der Waals surface area contributed by atoms with Crippen LogP contribution >= 0.6 is 0 Å². The normalized spacial score (nSPS) is 36.3. The van der Waals surface area contributed by atoms with Gasteiger partial charge in [-0.2, -0.15) is 5.26 Å². The first-order valence-electron chi connectivity index (χ1n) is 8.38. The second-order valence-corrected chi connectivity index (χ2v) is 8.30. The van der Waals surface area contributed by atoms with E-state index in [4.69, 9.17) is 0 Å². The van der Waals surface area contributed by atoms with Crippen LogP contribution in [0.1, 0.15) is 40.5 Å². The Bertz CT molecular complexity index is 851. The topological polar surface area (TPSA) is 95.2 Å². The van der Waals surface area contributed by atoms with Gasteiger partial charge in [0.05, 0.1) is 5.57 Å². The molecule has 1 N–H and O–H groups in total. The average molecular weight is 339 g/mol. The number of allylic oxidation sites excluding steroid dienone is 5. The minimum Gasteiger partial charge on any atom is -0.478 e. The van der Waals surface area contributed by atoms with Crippen LogP contribution in [-0.2, 0) is 14.4 Å². The summed E-state index contributed by atoms with van der Waals surface area (Å²) < 4.78 is 0. The first kappa shape index (κ1) is 17.3. The predicted octanol–water partition coefficient (Wildman–Crippen LogP) is 2.99. The summed E-state index contributed by atoms with van der Waals surface area (Å²) in [5.41, 5.74) is -1.19. The number of carbonyl (C=O) groups excluding carboxylic acids is 2. The Labute approximate surface area is 146 Å². The summed E-state index contributed by atoms with van der Waals surface area (Å²) in [6.45, 7) is 7.60. The number of fused-ring (bicyclic) bond motifs is 3. The van der Waals surface area contributed by atoms with Crippen molar-refractivity contribution in [2.45, 2.75) is 40.5 Å². The third-order valence-electron chi connectivity index (χ3n) is 6.37. The molecule has 5 heteroatoms. The van der Waals surface area contributed by atoms with Crippen molar-refractivity contribution in [3.63, 3.8) is 0 Å². The van der Waals surface area contributed by atoms with E-state index in [9.17, 15) is 24.8 Å². The van der Waals surface area contributed by atoms with Gasteiger partial charge in [0.15, 0.2) is 11.6 Å². The fourth-order valence-corrected chi connectivity index (χ4v) is 5.16. The van der Waals surface area contributed by atoms with Crippen LogP contribution in [0.4, 0.5) is 0 Å². The molecule has 3 rings (SSSR count). The van der Waals surface area contributed by atoms with Crippen molar-refractivity contribution in [2.24, 2.45) is 22.2 Å². The number of nitriles is 1. The lowest BCUT2D eigenvalue weighted by Crippen LogP contribution is -2.53. The van der Waals surface area contributed by atoms with Gasteiger partial charge in [-0.05, 0) is 30.4 Å². The molecule has 0 amide bonds. The molecule has 5 nitrogen and oxygen atoms in total. The van der Waals surface area contributed by atoms with E-state index in [2.05, 4.69) is 0 Å². The van der Waals surface area contributed by atoms with Crippen LogP contribution in [-0.4, -0.2) is 22.6 Å². The molecule has 25 heavy (non-hydrogen) atoms. The number of ketones is 2. The lowest BCUT2D eigenvalue weighted by molar-refractivity contribution is -0.134. The summed E-state index contributed by atoms with van der Waals surface area (Å²) in [7, 11) is 0. The van der Waals surface area contributed by atoms with E-state index in [1.807, 2.05) is 33.8 Å². The van der Waals surface area contributed by atoms with E-state index < -0.39 is 28.0 Å². The van der Waals surface area contributed by atoms with Gasteiger partial charge < -0.3 is 5.11 Å². The van der Waals surface area contributed by atoms with Crippen LogP contribution < -0.4 is 0 Å². The second-order valence-electron chi connectivity index (χ2n) is 8.30. The van der Waals surface area contributed by atoms with Crippen molar-refractivity contribution >= 4 is 17.5 Å². The number of hydrogen-bond acceptors (Lipinski definition) is 4. The molecule has 0 aromatic rings. The zero-order valence-electron chi connectivity index (χ0n) is 14.8. The van der Waals surface area contributed by atoms with Crippen molar-refractivity contribution < 1.29 is 19.5 Å². The Morgan fingerprint density at radius 3 is 2.44 bits per heavy atom. The minimum absolute atomic E-state index is 0.0449. The number of carboxylic acid groups (broad SMARTS) is 1. The molecule has 0 heterocycles. The Morgan fingerprint density at radius 2 is 1.88 bits per heavy atom. The van der Waals surface area contributed by atoms with E-state index in [-0.39, 0.29) is 22.8 Å².